The normalized spacial score (nSPS) is 10.9. The number of aryl methyl sites for hydroxylation is 3. The Labute approximate surface area is 109 Å². The maximum Gasteiger partial charge on any atom is 0.262 e. The molecule has 0 aliphatic heterocycles. The lowest BCUT2D eigenvalue weighted by Crippen LogP contribution is -1.95. The van der Waals surface area contributed by atoms with Crippen molar-refractivity contribution in [2.24, 2.45) is 0 Å². The van der Waals surface area contributed by atoms with E-state index in [4.69, 9.17) is 16.0 Å². The van der Waals surface area contributed by atoms with E-state index in [9.17, 15) is 0 Å². The molecule has 0 aliphatic rings. The van der Waals surface area contributed by atoms with Gasteiger partial charge >= 0.3 is 0 Å². The van der Waals surface area contributed by atoms with Crippen LogP contribution in [0.15, 0.2) is 14.7 Å². The molecule has 4 nitrogen and oxygen atoms in total. The Kier molecular flexibility index (Phi) is 3.40. The summed E-state index contributed by atoms with van der Waals surface area (Å²) in [6, 6.07) is 0. The van der Waals surface area contributed by atoms with Crippen molar-refractivity contribution in [2.75, 3.05) is 0 Å². The van der Waals surface area contributed by atoms with Gasteiger partial charge in [0.2, 0.25) is 0 Å². The first kappa shape index (κ1) is 12.4. The van der Waals surface area contributed by atoms with Crippen LogP contribution >= 0.6 is 23.4 Å². The van der Waals surface area contributed by atoms with Crippen LogP contribution < -0.4 is 0 Å². The molecule has 90 valence electrons. The summed E-state index contributed by atoms with van der Waals surface area (Å²) in [6.45, 7) is 7.49. The van der Waals surface area contributed by atoms with Crippen LogP contribution in [-0.2, 0) is 0 Å². The molecule has 0 aliphatic carbocycles. The first-order valence-corrected chi connectivity index (χ1v) is 6.29. The molecule has 2 rings (SSSR count). The molecule has 0 atom stereocenters. The fourth-order valence-corrected chi connectivity index (χ4v) is 2.45. The van der Waals surface area contributed by atoms with Crippen LogP contribution in [0.2, 0.25) is 5.15 Å². The van der Waals surface area contributed by atoms with Crippen molar-refractivity contribution in [3.63, 3.8) is 0 Å². The Balaban J connectivity index is 2.36. The van der Waals surface area contributed by atoms with Crippen molar-refractivity contribution in [2.45, 2.75) is 37.9 Å². The maximum absolute atomic E-state index is 6.01. The Morgan fingerprint density at radius 3 is 2.35 bits per heavy atom. The second-order valence-corrected chi connectivity index (χ2v) is 5.01. The SMILES string of the molecule is Cc1nc(Cl)c(C)c(Sc2nc(C)c(C)o2)n1. The van der Waals surface area contributed by atoms with Crippen molar-refractivity contribution in [1.82, 2.24) is 15.0 Å². The summed E-state index contributed by atoms with van der Waals surface area (Å²) in [6.07, 6.45) is 0. The van der Waals surface area contributed by atoms with Crippen LogP contribution in [0.1, 0.15) is 22.8 Å². The Bertz CT molecular complexity index is 549. The molecule has 2 heterocycles. The molecule has 0 fully saturated rings. The van der Waals surface area contributed by atoms with Gasteiger partial charge in [0.05, 0.1) is 5.69 Å². The molecule has 0 aromatic carbocycles. The maximum atomic E-state index is 6.01. The van der Waals surface area contributed by atoms with Gasteiger partial charge in [0, 0.05) is 5.56 Å². The van der Waals surface area contributed by atoms with Gasteiger partial charge in [-0.05, 0) is 39.5 Å². The zero-order valence-electron chi connectivity index (χ0n) is 10.0. The van der Waals surface area contributed by atoms with Crippen LogP contribution in [0.25, 0.3) is 0 Å². The van der Waals surface area contributed by atoms with E-state index < -0.39 is 0 Å². The quantitative estimate of drug-likeness (QED) is 0.781. The highest BCUT2D eigenvalue weighted by molar-refractivity contribution is 7.99. The van der Waals surface area contributed by atoms with E-state index in [0.717, 1.165) is 22.0 Å². The lowest BCUT2D eigenvalue weighted by molar-refractivity contribution is 0.431. The lowest BCUT2D eigenvalue weighted by atomic mass is 10.4. The molecular formula is C11H12ClN3OS. The minimum Gasteiger partial charge on any atom is -0.436 e. The van der Waals surface area contributed by atoms with Crippen LogP contribution in [0.4, 0.5) is 0 Å². The Morgan fingerprint density at radius 2 is 1.76 bits per heavy atom. The molecule has 6 heteroatoms. The van der Waals surface area contributed by atoms with Gasteiger partial charge in [-0.1, -0.05) is 11.6 Å². The first-order valence-electron chi connectivity index (χ1n) is 5.10. The summed E-state index contributed by atoms with van der Waals surface area (Å²) in [5.74, 6) is 1.46. The van der Waals surface area contributed by atoms with E-state index in [1.807, 2.05) is 20.8 Å². The van der Waals surface area contributed by atoms with Crippen LogP contribution in [-0.4, -0.2) is 15.0 Å². The molecule has 0 bridgehead atoms. The summed E-state index contributed by atoms with van der Waals surface area (Å²) in [4.78, 5) is 12.7. The van der Waals surface area contributed by atoms with Gasteiger partial charge in [-0.15, -0.1) is 0 Å². The highest BCUT2D eigenvalue weighted by Crippen LogP contribution is 2.31. The molecule has 0 amide bonds. The van der Waals surface area contributed by atoms with E-state index >= 15 is 0 Å². The molecule has 0 saturated carbocycles. The molecule has 0 radical (unpaired) electrons. The monoisotopic (exact) mass is 269 g/mol. The number of aromatic nitrogens is 3. The predicted molar refractivity (Wildman–Crippen MR) is 66.6 cm³/mol. The van der Waals surface area contributed by atoms with Crippen molar-refractivity contribution in [3.05, 3.63) is 28.0 Å². The average Bonchev–Trinajstić information content (AvgIpc) is 2.54. The molecular weight excluding hydrogens is 258 g/mol. The fraction of sp³-hybridized carbons (Fsp3) is 0.364. The fourth-order valence-electron chi connectivity index (χ4n) is 1.24. The highest BCUT2D eigenvalue weighted by Gasteiger charge is 2.13. The van der Waals surface area contributed by atoms with Crippen LogP contribution in [0.5, 0.6) is 0 Å². The summed E-state index contributed by atoms with van der Waals surface area (Å²) < 4.78 is 5.50. The third-order valence-electron chi connectivity index (χ3n) is 2.35. The molecule has 0 unspecified atom stereocenters. The van der Waals surface area contributed by atoms with Crippen molar-refractivity contribution in [3.8, 4) is 0 Å². The van der Waals surface area contributed by atoms with Crippen LogP contribution in [0.3, 0.4) is 0 Å². The van der Waals surface area contributed by atoms with Crippen molar-refractivity contribution >= 4 is 23.4 Å². The van der Waals surface area contributed by atoms with E-state index in [1.54, 1.807) is 6.92 Å². The summed E-state index contributed by atoms with van der Waals surface area (Å²) >= 11 is 7.37. The summed E-state index contributed by atoms with van der Waals surface area (Å²) in [7, 11) is 0. The van der Waals surface area contributed by atoms with Gasteiger partial charge in [-0.2, -0.15) is 0 Å². The molecule has 2 aromatic rings. The number of nitrogens with zero attached hydrogens (tertiary/aromatic N) is 3. The highest BCUT2D eigenvalue weighted by atomic mass is 35.5. The molecule has 0 spiro atoms. The van der Waals surface area contributed by atoms with E-state index in [2.05, 4.69) is 15.0 Å². The van der Waals surface area contributed by atoms with Gasteiger partial charge in [-0.3, -0.25) is 0 Å². The third-order valence-corrected chi connectivity index (χ3v) is 3.65. The van der Waals surface area contributed by atoms with Crippen LogP contribution in [0, 0.1) is 27.7 Å². The summed E-state index contributed by atoms with van der Waals surface area (Å²) in [5.41, 5.74) is 1.73. The molecule has 0 saturated heterocycles. The smallest absolute Gasteiger partial charge is 0.262 e. The Morgan fingerprint density at radius 1 is 1.06 bits per heavy atom. The number of oxazole rings is 1. The number of halogens is 1. The average molecular weight is 270 g/mol. The van der Waals surface area contributed by atoms with Crippen molar-refractivity contribution in [1.29, 1.82) is 0 Å². The van der Waals surface area contributed by atoms with Gasteiger partial charge < -0.3 is 4.42 Å². The number of hydrogen-bond acceptors (Lipinski definition) is 5. The third kappa shape index (κ3) is 2.61. The zero-order chi connectivity index (χ0) is 12.6. The number of rotatable bonds is 2. The van der Waals surface area contributed by atoms with Gasteiger partial charge in [0.25, 0.3) is 5.22 Å². The molecule has 17 heavy (non-hydrogen) atoms. The predicted octanol–water partition coefficient (Wildman–Crippen LogP) is 3.50. The second-order valence-electron chi connectivity index (χ2n) is 3.72. The zero-order valence-corrected chi connectivity index (χ0v) is 11.6. The molecule has 0 N–H and O–H groups in total. The van der Waals surface area contributed by atoms with E-state index in [-0.39, 0.29) is 0 Å². The second kappa shape index (κ2) is 4.66. The van der Waals surface area contributed by atoms with Gasteiger partial charge in [0.1, 0.15) is 21.8 Å². The standard InChI is InChI=1S/C11H12ClN3OS/c1-5-9(12)14-8(4)15-10(5)17-11-13-6(2)7(3)16-11/h1-4H3. The van der Waals surface area contributed by atoms with Crippen molar-refractivity contribution < 1.29 is 4.42 Å². The van der Waals surface area contributed by atoms with E-state index in [1.165, 1.54) is 11.8 Å². The van der Waals surface area contributed by atoms with Gasteiger partial charge in [0.15, 0.2) is 0 Å². The topological polar surface area (TPSA) is 51.8 Å². The lowest BCUT2D eigenvalue weighted by Gasteiger charge is -2.04. The first-order chi connectivity index (χ1) is 7.97. The number of hydrogen-bond donors (Lipinski definition) is 0. The summed E-state index contributed by atoms with van der Waals surface area (Å²) in [5, 5.41) is 1.83. The Hall–Kier alpha value is -1.07. The largest absolute Gasteiger partial charge is 0.436 e. The minimum atomic E-state index is 0.472. The van der Waals surface area contributed by atoms with E-state index in [0.29, 0.717) is 16.2 Å². The van der Waals surface area contributed by atoms with Gasteiger partial charge in [-0.25, -0.2) is 15.0 Å². The molecule has 2 aromatic heterocycles. The minimum absolute atomic E-state index is 0.472.